The molecule has 277 valence electrons. The van der Waals surface area contributed by atoms with Crippen LogP contribution in [0, 0.1) is 24.5 Å². The van der Waals surface area contributed by atoms with E-state index >= 15 is 0 Å². The Hall–Kier alpha value is -4.95. The fourth-order valence-electron chi connectivity index (χ4n) is 8.07. The van der Waals surface area contributed by atoms with E-state index in [-0.39, 0.29) is 25.5 Å². The van der Waals surface area contributed by atoms with Crippen molar-refractivity contribution >= 4 is 0 Å². The summed E-state index contributed by atoms with van der Waals surface area (Å²) in [6.07, 6.45) is 10.8. The van der Waals surface area contributed by atoms with Crippen molar-refractivity contribution in [3.05, 3.63) is 180 Å². The topological polar surface area (TPSA) is 25.8 Å². The number of aromatic nitrogens is 2. The van der Waals surface area contributed by atoms with Gasteiger partial charge in [-0.1, -0.05) is 129 Å². The maximum absolute atomic E-state index is 4.76. The number of pyridine rings is 2. The molecule has 0 unspecified atom stereocenters. The summed E-state index contributed by atoms with van der Waals surface area (Å²) in [6.45, 7) is 9.47. The smallest absolute Gasteiger partial charge is 0.0166 e. The van der Waals surface area contributed by atoms with E-state index in [0.717, 1.165) is 40.9 Å². The van der Waals surface area contributed by atoms with Crippen molar-refractivity contribution in [3.63, 3.8) is 0 Å². The van der Waals surface area contributed by atoms with Gasteiger partial charge in [-0.3, -0.25) is 0 Å². The minimum Gasteiger partial charge on any atom is -0.305 e. The summed E-state index contributed by atoms with van der Waals surface area (Å²) in [7, 11) is 0. The summed E-state index contributed by atoms with van der Waals surface area (Å²) < 4.78 is 0. The van der Waals surface area contributed by atoms with E-state index in [1.54, 1.807) is 0 Å². The van der Waals surface area contributed by atoms with Crippen LogP contribution in [0.25, 0.3) is 55.9 Å². The Morgan fingerprint density at radius 1 is 0.527 bits per heavy atom. The van der Waals surface area contributed by atoms with Crippen LogP contribution < -0.4 is 0 Å². The van der Waals surface area contributed by atoms with Gasteiger partial charge in [0.25, 0.3) is 0 Å². The molecule has 2 aromatic heterocycles. The molecule has 0 spiro atoms. The van der Waals surface area contributed by atoms with Crippen LogP contribution >= 0.6 is 0 Å². The summed E-state index contributed by atoms with van der Waals surface area (Å²) in [5, 5.41) is 0. The van der Waals surface area contributed by atoms with E-state index in [1.807, 2.05) is 30.6 Å². The number of aryl methyl sites for hydroxylation is 3. The number of rotatable bonds is 9. The van der Waals surface area contributed by atoms with Gasteiger partial charge in [0.2, 0.25) is 0 Å². The Kier molecular flexibility index (Phi) is 11.4. The van der Waals surface area contributed by atoms with Gasteiger partial charge in [0.15, 0.2) is 0 Å². The summed E-state index contributed by atoms with van der Waals surface area (Å²) in [6, 6.07) is 55.2. The zero-order chi connectivity index (χ0) is 37.1. The predicted octanol–water partition coefficient (Wildman–Crippen LogP) is 13.4. The van der Waals surface area contributed by atoms with Gasteiger partial charge in [-0.05, 0) is 107 Å². The number of benzene rings is 5. The Bertz CT molecular complexity index is 2350. The van der Waals surface area contributed by atoms with Crippen LogP contribution in [0.3, 0.4) is 0 Å². The number of hydrogen-bond donors (Lipinski definition) is 0. The van der Waals surface area contributed by atoms with Crippen LogP contribution in [0.5, 0.6) is 0 Å². The summed E-state index contributed by atoms with van der Waals surface area (Å²) >= 11 is 0. The fraction of sp³-hybridized carbons (Fsp3) is 0.231. The van der Waals surface area contributed by atoms with Crippen molar-refractivity contribution in [2.75, 3.05) is 0 Å². The predicted molar refractivity (Wildman–Crippen MR) is 225 cm³/mol. The van der Waals surface area contributed by atoms with Gasteiger partial charge in [0.05, 0.1) is 0 Å². The first kappa shape index (κ1) is 38.3. The van der Waals surface area contributed by atoms with Gasteiger partial charge < -0.3 is 9.97 Å². The van der Waals surface area contributed by atoms with Crippen molar-refractivity contribution in [1.82, 2.24) is 9.97 Å². The Morgan fingerprint density at radius 3 is 1.87 bits per heavy atom. The van der Waals surface area contributed by atoms with Crippen LogP contribution in [-0.2, 0) is 38.4 Å². The van der Waals surface area contributed by atoms with E-state index in [0.29, 0.717) is 5.41 Å². The Labute approximate surface area is 341 Å². The van der Waals surface area contributed by atoms with Crippen LogP contribution in [0.15, 0.2) is 146 Å². The van der Waals surface area contributed by atoms with Crippen molar-refractivity contribution in [2.24, 2.45) is 5.41 Å². The average molecular weight is 893 g/mol. The first-order valence-corrected chi connectivity index (χ1v) is 19.4. The molecule has 0 aliphatic heterocycles. The molecule has 0 saturated heterocycles. The molecule has 8 rings (SSSR count). The first-order valence-electron chi connectivity index (χ1n) is 19.4. The quantitative estimate of drug-likeness (QED) is 0.135. The Balaban J connectivity index is 0.00000465. The molecule has 55 heavy (non-hydrogen) atoms. The second kappa shape index (κ2) is 16.4. The second-order valence-electron chi connectivity index (χ2n) is 16.3. The van der Waals surface area contributed by atoms with Gasteiger partial charge >= 0.3 is 0 Å². The maximum Gasteiger partial charge on any atom is 0.0166 e. The van der Waals surface area contributed by atoms with Gasteiger partial charge in [-0.25, -0.2) is 0 Å². The summed E-state index contributed by atoms with van der Waals surface area (Å²) in [5.74, 6) is 0. The first-order chi connectivity index (χ1) is 26.2. The molecule has 5 aromatic carbocycles. The Morgan fingerprint density at radius 2 is 1.18 bits per heavy atom. The SMILES string of the molecule is Cc1cc(CCc2c[c-]c(-c3ccccn3)cc2)cc(-c2ccccc2-c2c[c-]c(-c3cc(-c4ccc(C5(C)CCC(C)(C)CC5)cc4)ccn3)cc2)c1.[Ir]. The van der Waals surface area contributed by atoms with Crippen molar-refractivity contribution in [3.8, 4) is 55.9 Å². The van der Waals surface area contributed by atoms with Crippen molar-refractivity contribution in [2.45, 2.75) is 71.6 Å². The monoisotopic (exact) mass is 893 g/mol. The van der Waals surface area contributed by atoms with Crippen molar-refractivity contribution in [1.29, 1.82) is 0 Å². The number of nitrogens with zero attached hydrogens (tertiary/aromatic N) is 2. The van der Waals surface area contributed by atoms with E-state index in [2.05, 4.69) is 160 Å². The second-order valence-corrected chi connectivity index (χ2v) is 16.3. The molecule has 1 saturated carbocycles. The fourth-order valence-corrected chi connectivity index (χ4v) is 8.07. The molecule has 2 nitrogen and oxygen atoms in total. The van der Waals surface area contributed by atoms with Crippen LogP contribution in [-0.4, -0.2) is 9.97 Å². The molecular weight excluding hydrogens is 845 g/mol. The molecule has 2 heterocycles. The molecule has 0 amide bonds. The molecule has 1 radical (unpaired) electrons. The number of hydrogen-bond acceptors (Lipinski definition) is 2. The third-order valence-corrected chi connectivity index (χ3v) is 11.7. The van der Waals surface area contributed by atoms with Crippen LogP contribution in [0.1, 0.15) is 68.7 Å². The largest absolute Gasteiger partial charge is 0.305 e. The summed E-state index contributed by atoms with van der Waals surface area (Å²) in [5.41, 5.74) is 17.2. The van der Waals surface area contributed by atoms with E-state index < -0.39 is 0 Å². The van der Waals surface area contributed by atoms with Gasteiger partial charge in [0, 0.05) is 32.5 Å². The molecule has 3 heteroatoms. The molecule has 0 bridgehead atoms. The van der Waals surface area contributed by atoms with Crippen molar-refractivity contribution < 1.29 is 20.1 Å². The normalized spacial score (nSPS) is 14.5. The summed E-state index contributed by atoms with van der Waals surface area (Å²) in [4.78, 5) is 9.22. The molecule has 0 N–H and O–H groups in total. The molecule has 0 atom stereocenters. The van der Waals surface area contributed by atoms with E-state index in [1.165, 1.54) is 75.8 Å². The molecule has 1 aliphatic rings. The minimum atomic E-state index is 0. The van der Waals surface area contributed by atoms with E-state index in [9.17, 15) is 0 Å². The maximum atomic E-state index is 4.76. The standard InChI is InChI=1S/C52H48N2.Ir/c1-37-33-39(13-12-38-14-16-42(17-15-38)49-11-7-8-31-53-49)35-45(34-37)48-10-6-5-9-47(48)41-18-20-43(21-19-41)50-36-44(26-32-54-50)40-22-24-46(25-23-40)52(4)29-27-51(2,3)28-30-52;/h5-11,14-16,18-20,22-26,31-36H,12-13,27-30H2,1-4H3;/q-2;. The van der Waals surface area contributed by atoms with Crippen LogP contribution in [0.4, 0.5) is 0 Å². The molecular formula is C52H48IrN2-2. The minimum absolute atomic E-state index is 0. The third kappa shape index (κ3) is 8.80. The molecule has 7 aromatic rings. The zero-order valence-electron chi connectivity index (χ0n) is 32.3. The van der Waals surface area contributed by atoms with Crippen LogP contribution in [0.2, 0.25) is 0 Å². The van der Waals surface area contributed by atoms with Gasteiger partial charge in [-0.15, -0.1) is 65.2 Å². The third-order valence-electron chi connectivity index (χ3n) is 11.7. The van der Waals surface area contributed by atoms with E-state index in [4.69, 9.17) is 4.98 Å². The molecule has 1 aliphatic carbocycles. The van der Waals surface area contributed by atoms with Gasteiger partial charge in [-0.2, -0.15) is 0 Å². The molecule has 1 fully saturated rings. The zero-order valence-corrected chi connectivity index (χ0v) is 34.7. The average Bonchev–Trinajstić information content (AvgIpc) is 3.22. The van der Waals surface area contributed by atoms with Gasteiger partial charge in [0.1, 0.15) is 0 Å².